The molecule has 0 amide bonds. The Labute approximate surface area is 182 Å². The SMILES string of the molecule is C[C@@H](O)C#Cc1cnc2ccsc2c1Cl.Clc1c(I)cnc2ccsc12. The molecule has 1 atom stereocenters. The van der Waals surface area contributed by atoms with Crippen molar-refractivity contribution in [3.8, 4) is 11.8 Å². The summed E-state index contributed by atoms with van der Waals surface area (Å²) in [6.07, 6.45) is 2.77. The van der Waals surface area contributed by atoms with Crippen LogP contribution in [0, 0.1) is 15.4 Å². The molecule has 0 radical (unpaired) electrons. The van der Waals surface area contributed by atoms with E-state index in [1.807, 2.05) is 22.9 Å². The van der Waals surface area contributed by atoms with Crippen molar-refractivity contribution in [2.75, 3.05) is 0 Å². The van der Waals surface area contributed by atoms with Gasteiger partial charge in [-0.3, -0.25) is 9.97 Å². The number of aromatic nitrogens is 2. The molecule has 0 unspecified atom stereocenters. The summed E-state index contributed by atoms with van der Waals surface area (Å²) in [5.41, 5.74) is 2.53. The number of aliphatic hydroxyl groups excluding tert-OH is 1. The molecule has 0 saturated carbocycles. The van der Waals surface area contributed by atoms with Crippen LogP contribution < -0.4 is 0 Å². The zero-order chi connectivity index (χ0) is 18.7. The van der Waals surface area contributed by atoms with Crippen molar-refractivity contribution in [3.05, 3.63) is 54.5 Å². The predicted octanol–water partition coefficient (Wildman–Crippen LogP) is 6.24. The minimum atomic E-state index is -0.653. The molecule has 4 heterocycles. The quantitative estimate of drug-likeness (QED) is 0.215. The monoisotopic (exact) mass is 532 g/mol. The number of rotatable bonds is 0. The van der Waals surface area contributed by atoms with E-state index in [-0.39, 0.29) is 0 Å². The topological polar surface area (TPSA) is 46.0 Å². The number of hydrogen-bond donors (Lipinski definition) is 1. The van der Waals surface area contributed by atoms with Crippen LogP contribution in [-0.2, 0) is 0 Å². The summed E-state index contributed by atoms with van der Waals surface area (Å²) in [6.45, 7) is 1.61. The molecule has 26 heavy (non-hydrogen) atoms. The average Bonchev–Trinajstić information content (AvgIpc) is 3.27. The molecule has 4 aromatic heterocycles. The zero-order valence-electron chi connectivity index (χ0n) is 13.3. The van der Waals surface area contributed by atoms with Gasteiger partial charge in [0.2, 0.25) is 0 Å². The fourth-order valence-corrected chi connectivity index (χ4v) is 4.78. The Morgan fingerprint density at radius 3 is 2.23 bits per heavy atom. The van der Waals surface area contributed by atoms with Gasteiger partial charge in [-0.05, 0) is 52.4 Å². The minimum Gasteiger partial charge on any atom is -0.381 e. The molecule has 0 aliphatic rings. The van der Waals surface area contributed by atoms with Crippen molar-refractivity contribution in [2.45, 2.75) is 13.0 Å². The van der Waals surface area contributed by atoms with E-state index in [1.54, 1.807) is 30.7 Å². The summed E-state index contributed by atoms with van der Waals surface area (Å²) in [6, 6.07) is 3.89. The van der Waals surface area contributed by atoms with Crippen LogP contribution >= 0.6 is 68.5 Å². The van der Waals surface area contributed by atoms with Crippen molar-refractivity contribution in [3.63, 3.8) is 0 Å². The number of nitrogens with zero attached hydrogens (tertiary/aromatic N) is 2. The van der Waals surface area contributed by atoms with Crippen molar-refractivity contribution < 1.29 is 5.11 Å². The lowest BCUT2D eigenvalue weighted by molar-refractivity contribution is 0.253. The highest BCUT2D eigenvalue weighted by Gasteiger charge is 2.06. The smallest absolute Gasteiger partial charge is 0.112 e. The van der Waals surface area contributed by atoms with Crippen molar-refractivity contribution in [1.29, 1.82) is 0 Å². The van der Waals surface area contributed by atoms with Crippen LogP contribution in [0.3, 0.4) is 0 Å². The number of halogens is 3. The molecule has 1 N–H and O–H groups in total. The summed E-state index contributed by atoms with van der Waals surface area (Å²) in [5, 5.41) is 14.4. The van der Waals surface area contributed by atoms with Gasteiger partial charge in [0.15, 0.2) is 0 Å². The van der Waals surface area contributed by atoms with Crippen LogP contribution in [-0.4, -0.2) is 21.2 Å². The average molecular weight is 533 g/mol. The van der Waals surface area contributed by atoms with Crippen LogP contribution in [0.4, 0.5) is 0 Å². The molecule has 0 aliphatic carbocycles. The van der Waals surface area contributed by atoms with Crippen LogP contribution in [0.5, 0.6) is 0 Å². The second-order valence-corrected chi connectivity index (χ2v) is 8.87. The molecule has 0 aliphatic heterocycles. The highest BCUT2D eigenvalue weighted by Crippen LogP contribution is 2.30. The highest BCUT2D eigenvalue weighted by atomic mass is 127. The van der Waals surface area contributed by atoms with Gasteiger partial charge >= 0.3 is 0 Å². The third kappa shape index (κ3) is 4.47. The van der Waals surface area contributed by atoms with Gasteiger partial charge in [-0.2, -0.15) is 0 Å². The first kappa shape index (κ1) is 19.8. The lowest BCUT2D eigenvalue weighted by atomic mass is 10.2. The van der Waals surface area contributed by atoms with E-state index >= 15 is 0 Å². The maximum Gasteiger partial charge on any atom is 0.112 e. The fraction of sp³-hybridized carbons (Fsp3) is 0.111. The number of aliphatic hydroxyl groups is 1. The third-order valence-corrected chi connectivity index (χ3v) is 7.19. The number of thiophene rings is 2. The molecule has 0 saturated heterocycles. The largest absolute Gasteiger partial charge is 0.381 e. The van der Waals surface area contributed by atoms with Crippen molar-refractivity contribution in [2.24, 2.45) is 0 Å². The number of hydrogen-bond acceptors (Lipinski definition) is 5. The Balaban J connectivity index is 0.000000158. The molecule has 132 valence electrons. The van der Waals surface area contributed by atoms with Crippen molar-refractivity contribution in [1.82, 2.24) is 9.97 Å². The summed E-state index contributed by atoms with van der Waals surface area (Å²) >= 11 is 17.5. The van der Waals surface area contributed by atoms with E-state index in [4.69, 9.17) is 28.3 Å². The van der Waals surface area contributed by atoms with Crippen molar-refractivity contribution >= 4 is 88.9 Å². The van der Waals surface area contributed by atoms with Gasteiger partial charge in [0, 0.05) is 12.4 Å². The van der Waals surface area contributed by atoms with E-state index < -0.39 is 6.10 Å². The Morgan fingerprint density at radius 1 is 1.04 bits per heavy atom. The Hall–Kier alpha value is -0.950. The molecule has 0 bridgehead atoms. The summed E-state index contributed by atoms with van der Waals surface area (Å²) < 4.78 is 3.03. The second-order valence-electron chi connectivity index (χ2n) is 5.12. The van der Waals surface area contributed by atoms with E-state index in [2.05, 4.69) is 44.4 Å². The summed E-state index contributed by atoms with van der Waals surface area (Å²) in [5.74, 6) is 5.45. The molecule has 0 spiro atoms. The van der Waals surface area contributed by atoms with E-state index in [1.165, 1.54) is 11.3 Å². The number of fused-ring (bicyclic) bond motifs is 2. The third-order valence-electron chi connectivity index (χ3n) is 3.20. The highest BCUT2D eigenvalue weighted by molar-refractivity contribution is 14.1. The van der Waals surface area contributed by atoms with Crippen LogP contribution in [0.25, 0.3) is 20.4 Å². The van der Waals surface area contributed by atoms with Gasteiger partial charge in [0.05, 0.1) is 39.6 Å². The van der Waals surface area contributed by atoms with Gasteiger partial charge in [0.1, 0.15) is 6.10 Å². The molecular formula is C18H11Cl2IN2OS2. The van der Waals surface area contributed by atoms with Gasteiger partial charge in [-0.25, -0.2) is 0 Å². The summed E-state index contributed by atoms with van der Waals surface area (Å²) in [7, 11) is 0. The first-order valence-electron chi connectivity index (χ1n) is 7.36. The maximum atomic E-state index is 9.04. The van der Waals surface area contributed by atoms with Gasteiger partial charge in [-0.1, -0.05) is 35.0 Å². The molecule has 4 aromatic rings. The standard InChI is InChI=1S/C11H8ClNOS.C7H3ClINS/c1-7(14)2-3-8-6-13-9-4-5-15-11(9)10(8)12;8-6-4(9)3-10-5-1-2-11-7(5)6/h4-7,14H,1H3;1-3H/t7-;/m1./s1. The van der Waals surface area contributed by atoms with Gasteiger partial charge in [0.25, 0.3) is 0 Å². The molecule has 0 fully saturated rings. The lowest BCUT2D eigenvalue weighted by Gasteiger charge is -1.96. The fourth-order valence-electron chi connectivity index (χ4n) is 2.01. The normalized spacial score (nSPS) is 11.6. The molecule has 3 nitrogen and oxygen atoms in total. The van der Waals surface area contributed by atoms with E-state index in [0.717, 1.165) is 29.0 Å². The molecule has 8 heteroatoms. The Bertz CT molecular complexity index is 1130. The van der Waals surface area contributed by atoms with Gasteiger partial charge < -0.3 is 5.11 Å². The van der Waals surface area contributed by atoms with Crippen LogP contribution in [0.1, 0.15) is 12.5 Å². The van der Waals surface area contributed by atoms with Crippen LogP contribution in [0.2, 0.25) is 10.0 Å². The maximum absolute atomic E-state index is 9.04. The van der Waals surface area contributed by atoms with E-state index in [9.17, 15) is 0 Å². The van der Waals surface area contributed by atoms with Crippen LogP contribution in [0.15, 0.2) is 35.3 Å². The molecular weight excluding hydrogens is 522 g/mol. The minimum absolute atomic E-state index is 0.614. The molecule has 0 aromatic carbocycles. The Kier molecular flexibility index (Phi) is 6.72. The second kappa shape index (κ2) is 8.83. The Morgan fingerprint density at radius 2 is 1.62 bits per heavy atom. The first-order chi connectivity index (χ1) is 12.5. The lowest BCUT2D eigenvalue weighted by Crippen LogP contribution is -1.93. The zero-order valence-corrected chi connectivity index (χ0v) is 18.6. The first-order valence-corrected chi connectivity index (χ1v) is 10.9. The van der Waals surface area contributed by atoms with E-state index in [0.29, 0.717) is 10.6 Å². The summed E-state index contributed by atoms with van der Waals surface area (Å²) in [4.78, 5) is 8.44. The molecule has 4 rings (SSSR count). The predicted molar refractivity (Wildman–Crippen MR) is 121 cm³/mol. The number of pyridine rings is 2. The van der Waals surface area contributed by atoms with Gasteiger partial charge in [-0.15, -0.1) is 22.7 Å².